The molecule has 0 bridgehead atoms. The third-order valence-corrected chi connectivity index (χ3v) is 5.51. The molecule has 30 heavy (non-hydrogen) atoms. The fraction of sp³-hybridized carbons (Fsp3) is 0.296. The topological polar surface area (TPSA) is 27.1 Å². The summed E-state index contributed by atoms with van der Waals surface area (Å²) in [6, 6.07) is 25.4. The number of ether oxygens (including phenoxy) is 1. The van der Waals surface area contributed by atoms with E-state index in [-0.39, 0.29) is 0 Å². The molecule has 3 aromatic carbocycles. The van der Waals surface area contributed by atoms with Crippen molar-refractivity contribution < 1.29 is 4.74 Å². The van der Waals surface area contributed by atoms with Crippen LogP contribution in [0.5, 0.6) is 5.75 Å². The van der Waals surface area contributed by atoms with Crippen molar-refractivity contribution in [3.63, 3.8) is 0 Å². The van der Waals surface area contributed by atoms with Crippen LogP contribution in [0.4, 0.5) is 0 Å². The van der Waals surface area contributed by atoms with E-state index in [9.17, 15) is 0 Å². The molecule has 0 aliphatic heterocycles. The van der Waals surface area contributed by atoms with Crippen LogP contribution in [-0.4, -0.2) is 16.2 Å². The summed E-state index contributed by atoms with van der Waals surface area (Å²) in [5.41, 5.74) is 5.93. The predicted octanol–water partition coefficient (Wildman–Crippen LogP) is 6.99. The Kier molecular flexibility index (Phi) is 6.18. The summed E-state index contributed by atoms with van der Waals surface area (Å²) in [6.07, 6.45) is 2.05. The van der Waals surface area contributed by atoms with Crippen LogP contribution in [0.3, 0.4) is 0 Å². The maximum atomic E-state index is 6.18. The van der Waals surface area contributed by atoms with Crippen LogP contribution in [0.1, 0.15) is 43.7 Å². The molecule has 3 heteroatoms. The number of para-hydroxylation sites is 2. The van der Waals surface area contributed by atoms with Gasteiger partial charge in [-0.25, -0.2) is 4.98 Å². The zero-order valence-corrected chi connectivity index (χ0v) is 18.1. The molecule has 0 spiro atoms. The number of benzene rings is 3. The van der Waals surface area contributed by atoms with E-state index in [1.54, 1.807) is 0 Å². The molecule has 0 fully saturated rings. The van der Waals surface area contributed by atoms with E-state index in [4.69, 9.17) is 9.72 Å². The van der Waals surface area contributed by atoms with E-state index < -0.39 is 0 Å². The first-order valence-electron chi connectivity index (χ1n) is 10.9. The Morgan fingerprint density at radius 3 is 2.47 bits per heavy atom. The Balaban J connectivity index is 1.44. The summed E-state index contributed by atoms with van der Waals surface area (Å²) >= 11 is 0. The SMILES string of the molecule is Cc1ccc(C(C)C)c(OCCCCn2c(-c3ccccc3)nc3ccccc32)c1. The van der Waals surface area contributed by atoms with Crippen LogP contribution in [0.15, 0.2) is 72.8 Å². The van der Waals surface area contributed by atoms with Crippen molar-refractivity contribution in [2.45, 2.75) is 46.1 Å². The van der Waals surface area contributed by atoms with Crippen LogP contribution in [0.25, 0.3) is 22.4 Å². The molecule has 3 nitrogen and oxygen atoms in total. The van der Waals surface area contributed by atoms with Crippen molar-refractivity contribution in [2.75, 3.05) is 6.61 Å². The molecule has 0 amide bonds. The molecule has 0 radical (unpaired) electrons. The maximum Gasteiger partial charge on any atom is 0.141 e. The number of nitrogens with zero attached hydrogens (tertiary/aromatic N) is 2. The average Bonchev–Trinajstić information content (AvgIpc) is 3.13. The number of aromatic nitrogens is 2. The highest BCUT2D eigenvalue weighted by molar-refractivity contribution is 5.80. The summed E-state index contributed by atoms with van der Waals surface area (Å²) < 4.78 is 8.52. The monoisotopic (exact) mass is 398 g/mol. The highest BCUT2D eigenvalue weighted by Gasteiger charge is 2.12. The number of imidazole rings is 1. The number of unbranched alkanes of at least 4 members (excludes halogenated alkanes) is 1. The van der Waals surface area contributed by atoms with E-state index >= 15 is 0 Å². The first-order chi connectivity index (χ1) is 14.6. The van der Waals surface area contributed by atoms with Gasteiger partial charge in [-0.3, -0.25) is 0 Å². The van der Waals surface area contributed by atoms with Gasteiger partial charge in [0, 0.05) is 12.1 Å². The van der Waals surface area contributed by atoms with Crippen molar-refractivity contribution in [1.82, 2.24) is 9.55 Å². The second-order valence-corrected chi connectivity index (χ2v) is 8.19. The van der Waals surface area contributed by atoms with E-state index in [0.29, 0.717) is 5.92 Å². The molecule has 0 atom stereocenters. The largest absolute Gasteiger partial charge is 0.493 e. The Morgan fingerprint density at radius 2 is 1.67 bits per heavy atom. The van der Waals surface area contributed by atoms with Gasteiger partial charge in [-0.2, -0.15) is 0 Å². The lowest BCUT2D eigenvalue weighted by Crippen LogP contribution is -2.05. The summed E-state index contributed by atoms with van der Waals surface area (Å²) in [4.78, 5) is 4.90. The minimum Gasteiger partial charge on any atom is -0.493 e. The van der Waals surface area contributed by atoms with Crippen molar-refractivity contribution >= 4 is 11.0 Å². The second kappa shape index (κ2) is 9.17. The normalized spacial score (nSPS) is 11.3. The van der Waals surface area contributed by atoms with Gasteiger partial charge in [0.1, 0.15) is 11.6 Å². The zero-order chi connectivity index (χ0) is 20.9. The quantitative estimate of drug-likeness (QED) is 0.299. The summed E-state index contributed by atoms with van der Waals surface area (Å²) in [7, 11) is 0. The van der Waals surface area contributed by atoms with Gasteiger partial charge in [0.2, 0.25) is 0 Å². The van der Waals surface area contributed by atoms with Crippen molar-refractivity contribution in [1.29, 1.82) is 0 Å². The standard InChI is InChI=1S/C27H30N2O/c1-20(2)23-16-15-21(3)19-26(23)30-18-10-9-17-29-25-14-8-7-13-24(25)28-27(29)22-11-5-4-6-12-22/h4-8,11-16,19-20H,9-10,17-18H2,1-3H3. The van der Waals surface area contributed by atoms with Crippen molar-refractivity contribution in [2.24, 2.45) is 0 Å². The average molecular weight is 399 g/mol. The number of aryl methyl sites for hydroxylation is 2. The Morgan fingerprint density at radius 1 is 0.900 bits per heavy atom. The zero-order valence-electron chi connectivity index (χ0n) is 18.1. The minimum atomic E-state index is 0.464. The van der Waals surface area contributed by atoms with Crippen molar-refractivity contribution in [3.05, 3.63) is 83.9 Å². The molecule has 0 saturated heterocycles. The van der Waals surface area contributed by atoms with Crippen LogP contribution >= 0.6 is 0 Å². The molecule has 0 unspecified atom stereocenters. The molecule has 154 valence electrons. The molecular formula is C27H30N2O. The molecular weight excluding hydrogens is 368 g/mol. The maximum absolute atomic E-state index is 6.18. The van der Waals surface area contributed by atoms with Crippen LogP contribution in [0, 0.1) is 6.92 Å². The Labute approximate surface area is 179 Å². The smallest absolute Gasteiger partial charge is 0.141 e. The molecule has 4 aromatic rings. The number of hydrogen-bond donors (Lipinski definition) is 0. The summed E-state index contributed by atoms with van der Waals surface area (Å²) in [5.74, 6) is 2.54. The van der Waals surface area contributed by atoms with Gasteiger partial charge < -0.3 is 9.30 Å². The molecule has 1 heterocycles. The highest BCUT2D eigenvalue weighted by atomic mass is 16.5. The van der Waals surface area contributed by atoms with Gasteiger partial charge in [0.15, 0.2) is 0 Å². The number of rotatable bonds is 8. The molecule has 1 aromatic heterocycles. The van der Waals surface area contributed by atoms with Crippen molar-refractivity contribution in [3.8, 4) is 17.1 Å². The number of hydrogen-bond acceptors (Lipinski definition) is 2. The van der Waals surface area contributed by atoms with Gasteiger partial charge >= 0.3 is 0 Å². The first-order valence-corrected chi connectivity index (χ1v) is 10.9. The van der Waals surface area contributed by atoms with Crippen LogP contribution in [0.2, 0.25) is 0 Å². The van der Waals surface area contributed by atoms with Gasteiger partial charge in [-0.05, 0) is 55.0 Å². The van der Waals surface area contributed by atoms with E-state index in [0.717, 1.165) is 48.6 Å². The molecule has 0 aliphatic rings. The lowest BCUT2D eigenvalue weighted by molar-refractivity contribution is 0.299. The van der Waals surface area contributed by atoms with E-state index in [2.05, 4.69) is 92.1 Å². The van der Waals surface area contributed by atoms with Crippen LogP contribution < -0.4 is 4.74 Å². The van der Waals surface area contributed by atoms with Gasteiger partial charge in [-0.15, -0.1) is 0 Å². The third-order valence-electron chi connectivity index (χ3n) is 5.51. The lowest BCUT2D eigenvalue weighted by atomic mass is 10.0. The molecule has 0 saturated carbocycles. The summed E-state index contributed by atoms with van der Waals surface area (Å²) in [6.45, 7) is 8.21. The van der Waals surface area contributed by atoms with Gasteiger partial charge in [0.25, 0.3) is 0 Å². The van der Waals surface area contributed by atoms with E-state index in [1.807, 2.05) is 6.07 Å². The van der Waals surface area contributed by atoms with E-state index in [1.165, 1.54) is 16.6 Å². The molecule has 0 N–H and O–H groups in total. The molecule has 4 rings (SSSR count). The fourth-order valence-corrected chi connectivity index (χ4v) is 3.91. The first kappa shape index (κ1) is 20.2. The summed E-state index contributed by atoms with van der Waals surface area (Å²) in [5, 5.41) is 0. The highest BCUT2D eigenvalue weighted by Crippen LogP contribution is 2.28. The minimum absolute atomic E-state index is 0.464. The number of fused-ring (bicyclic) bond motifs is 1. The van der Waals surface area contributed by atoms with Crippen LogP contribution in [-0.2, 0) is 6.54 Å². The molecule has 0 aliphatic carbocycles. The Bertz CT molecular complexity index is 1110. The fourth-order valence-electron chi connectivity index (χ4n) is 3.91. The lowest BCUT2D eigenvalue weighted by Gasteiger charge is -2.15. The Hall–Kier alpha value is -3.07. The third kappa shape index (κ3) is 4.40. The van der Waals surface area contributed by atoms with Gasteiger partial charge in [-0.1, -0.05) is 68.4 Å². The second-order valence-electron chi connectivity index (χ2n) is 8.19. The predicted molar refractivity (Wildman–Crippen MR) is 125 cm³/mol. The van der Waals surface area contributed by atoms with Gasteiger partial charge in [0.05, 0.1) is 17.6 Å².